The predicted molar refractivity (Wildman–Crippen MR) is 76.1 cm³/mol. The lowest BCUT2D eigenvalue weighted by Gasteiger charge is -2.21. The van der Waals surface area contributed by atoms with Gasteiger partial charge in [-0.3, -0.25) is 9.59 Å². The van der Waals surface area contributed by atoms with Gasteiger partial charge in [0, 0.05) is 12.5 Å². The van der Waals surface area contributed by atoms with Crippen molar-refractivity contribution in [1.82, 2.24) is 10.6 Å². The van der Waals surface area contributed by atoms with E-state index in [0.717, 1.165) is 5.56 Å². The molecule has 0 fully saturated rings. The lowest BCUT2D eigenvalue weighted by Crippen LogP contribution is -2.44. The van der Waals surface area contributed by atoms with Crippen LogP contribution in [0.25, 0.3) is 6.08 Å². The summed E-state index contributed by atoms with van der Waals surface area (Å²) < 4.78 is 0. The summed E-state index contributed by atoms with van der Waals surface area (Å²) >= 11 is 0. The van der Waals surface area contributed by atoms with E-state index in [1.54, 1.807) is 6.08 Å². The molecule has 1 aromatic carbocycles. The molecular formula is C15H20N2O2. The van der Waals surface area contributed by atoms with Crippen molar-refractivity contribution in [2.75, 3.05) is 0 Å². The van der Waals surface area contributed by atoms with Crippen molar-refractivity contribution < 1.29 is 9.59 Å². The minimum absolute atomic E-state index is 0.244. The van der Waals surface area contributed by atoms with E-state index in [4.69, 9.17) is 0 Å². The number of rotatable bonds is 3. The third-order valence-electron chi connectivity index (χ3n) is 2.15. The molecule has 0 aliphatic heterocycles. The summed E-state index contributed by atoms with van der Waals surface area (Å²) in [6.45, 7) is 7.04. The Kier molecular flexibility index (Phi) is 4.87. The van der Waals surface area contributed by atoms with Crippen LogP contribution in [0.15, 0.2) is 36.0 Å². The minimum Gasteiger partial charge on any atom is -0.346 e. The Bertz CT molecular complexity index is 485. The van der Waals surface area contributed by atoms with Crippen LogP contribution in [0.2, 0.25) is 0 Å². The summed E-state index contributed by atoms with van der Waals surface area (Å²) in [5, 5.41) is 5.38. The van der Waals surface area contributed by atoms with E-state index in [2.05, 4.69) is 10.6 Å². The topological polar surface area (TPSA) is 58.2 Å². The molecule has 0 aliphatic rings. The molecule has 0 saturated carbocycles. The Balaban J connectivity index is 2.98. The van der Waals surface area contributed by atoms with E-state index in [1.807, 2.05) is 51.1 Å². The van der Waals surface area contributed by atoms with Gasteiger partial charge in [-0.05, 0) is 32.4 Å². The number of benzene rings is 1. The monoisotopic (exact) mass is 260 g/mol. The minimum atomic E-state index is -0.356. The number of hydrogen-bond donors (Lipinski definition) is 2. The molecule has 0 saturated heterocycles. The van der Waals surface area contributed by atoms with Gasteiger partial charge >= 0.3 is 0 Å². The summed E-state index contributed by atoms with van der Waals surface area (Å²) in [6, 6.07) is 9.38. The van der Waals surface area contributed by atoms with Gasteiger partial charge in [-0.1, -0.05) is 30.3 Å². The zero-order chi connectivity index (χ0) is 14.5. The Hall–Kier alpha value is -2.10. The highest BCUT2D eigenvalue weighted by Crippen LogP contribution is 2.07. The highest BCUT2D eigenvalue weighted by molar-refractivity contribution is 6.01. The Labute approximate surface area is 113 Å². The third kappa shape index (κ3) is 5.86. The second kappa shape index (κ2) is 6.18. The first-order valence-corrected chi connectivity index (χ1v) is 6.15. The molecule has 0 aromatic heterocycles. The molecule has 4 heteroatoms. The van der Waals surface area contributed by atoms with E-state index in [9.17, 15) is 9.59 Å². The molecular weight excluding hydrogens is 240 g/mol. The van der Waals surface area contributed by atoms with Crippen LogP contribution in [-0.2, 0) is 9.59 Å². The zero-order valence-corrected chi connectivity index (χ0v) is 11.8. The average molecular weight is 260 g/mol. The molecule has 102 valence electrons. The van der Waals surface area contributed by atoms with Crippen molar-refractivity contribution in [3.05, 3.63) is 41.6 Å². The molecule has 0 unspecified atom stereocenters. The van der Waals surface area contributed by atoms with E-state index < -0.39 is 0 Å². The molecule has 0 aliphatic carbocycles. The normalized spacial score (nSPS) is 11.9. The van der Waals surface area contributed by atoms with Crippen LogP contribution in [0.4, 0.5) is 0 Å². The van der Waals surface area contributed by atoms with Gasteiger partial charge in [-0.25, -0.2) is 0 Å². The van der Waals surface area contributed by atoms with E-state index in [1.165, 1.54) is 6.92 Å². The van der Waals surface area contributed by atoms with Gasteiger partial charge < -0.3 is 10.6 Å². The van der Waals surface area contributed by atoms with Gasteiger partial charge in [-0.2, -0.15) is 0 Å². The summed E-state index contributed by atoms with van der Waals surface area (Å²) in [7, 11) is 0. The second-order valence-corrected chi connectivity index (χ2v) is 5.35. The first-order valence-electron chi connectivity index (χ1n) is 6.15. The SMILES string of the molecule is CC(=O)N/C(=C/c1ccccc1)C(=O)NC(C)(C)C. The maximum Gasteiger partial charge on any atom is 0.268 e. The van der Waals surface area contributed by atoms with Crippen molar-refractivity contribution in [2.45, 2.75) is 33.2 Å². The maximum absolute atomic E-state index is 12.1. The number of nitrogens with one attached hydrogen (secondary N) is 2. The van der Waals surface area contributed by atoms with Gasteiger partial charge in [0.05, 0.1) is 0 Å². The molecule has 2 N–H and O–H groups in total. The molecule has 0 radical (unpaired) electrons. The Morgan fingerprint density at radius 2 is 1.68 bits per heavy atom. The van der Waals surface area contributed by atoms with Crippen LogP contribution in [0.5, 0.6) is 0 Å². The second-order valence-electron chi connectivity index (χ2n) is 5.35. The highest BCUT2D eigenvalue weighted by Gasteiger charge is 2.18. The van der Waals surface area contributed by atoms with Crippen LogP contribution in [0.1, 0.15) is 33.3 Å². The number of carbonyl (C=O) groups is 2. The first-order chi connectivity index (χ1) is 8.78. The predicted octanol–water partition coefficient (Wildman–Crippen LogP) is 2.08. The van der Waals surface area contributed by atoms with Gasteiger partial charge in [0.25, 0.3) is 5.91 Å². The lowest BCUT2D eigenvalue weighted by molar-refractivity contribution is -0.123. The number of amides is 2. The lowest BCUT2D eigenvalue weighted by atomic mass is 10.1. The Morgan fingerprint density at radius 3 is 2.16 bits per heavy atom. The van der Waals surface area contributed by atoms with Crippen molar-refractivity contribution in [2.24, 2.45) is 0 Å². The molecule has 0 bridgehead atoms. The number of hydrogen-bond acceptors (Lipinski definition) is 2. The highest BCUT2D eigenvalue weighted by atomic mass is 16.2. The summed E-state index contributed by atoms with van der Waals surface area (Å²) in [5.74, 6) is -0.571. The molecule has 0 spiro atoms. The maximum atomic E-state index is 12.1. The average Bonchev–Trinajstić information content (AvgIpc) is 2.26. The van der Waals surface area contributed by atoms with E-state index >= 15 is 0 Å². The largest absolute Gasteiger partial charge is 0.346 e. The molecule has 4 nitrogen and oxygen atoms in total. The van der Waals surface area contributed by atoms with Crippen LogP contribution < -0.4 is 10.6 Å². The van der Waals surface area contributed by atoms with Gasteiger partial charge in [0.2, 0.25) is 5.91 Å². The van der Waals surface area contributed by atoms with E-state index in [0.29, 0.717) is 0 Å². The molecule has 1 rings (SSSR count). The van der Waals surface area contributed by atoms with Crippen LogP contribution in [0.3, 0.4) is 0 Å². The standard InChI is InChI=1S/C15H20N2O2/c1-11(18)16-13(14(19)17-15(2,3)4)10-12-8-6-5-7-9-12/h5-10H,1-4H3,(H,16,18)(H,17,19)/b13-10+. The van der Waals surface area contributed by atoms with Crippen molar-refractivity contribution in [3.8, 4) is 0 Å². The molecule has 0 atom stereocenters. The number of carbonyl (C=O) groups excluding carboxylic acids is 2. The molecule has 2 amide bonds. The summed E-state index contributed by atoms with van der Waals surface area (Å²) in [5.41, 5.74) is 0.745. The smallest absolute Gasteiger partial charge is 0.268 e. The Morgan fingerprint density at radius 1 is 1.11 bits per heavy atom. The molecule has 19 heavy (non-hydrogen) atoms. The van der Waals surface area contributed by atoms with Crippen LogP contribution in [-0.4, -0.2) is 17.4 Å². The molecule has 1 aromatic rings. The fraction of sp³-hybridized carbons (Fsp3) is 0.333. The van der Waals surface area contributed by atoms with Gasteiger partial charge in [-0.15, -0.1) is 0 Å². The van der Waals surface area contributed by atoms with Crippen molar-refractivity contribution in [3.63, 3.8) is 0 Å². The van der Waals surface area contributed by atoms with Crippen LogP contribution in [0, 0.1) is 0 Å². The fourth-order valence-corrected chi connectivity index (χ4v) is 1.47. The summed E-state index contributed by atoms with van der Waals surface area (Å²) in [6.07, 6.45) is 1.66. The fourth-order valence-electron chi connectivity index (χ4n) is 1.47. The quantitative estimate of drug-likeness (QED) is 0.817. The van der Waals surface area contributed by atoms with Crippen LogP contribution >= 0.6 is 0 Å². The first kappa shape index (κ1) is 15.0. The van der Waals surface area contributed by atoms with Crippen molar-refractivity contribution >= 4 is 17.9 Å². The summed E-state index contributed by atoms with van der Waals surface area (Å²) in [4.78, 5) is 23.3. The van der Waals surface area contributed by atoms with Gasteiger partial charge in [0.1, 0.15) is 5.70 Å². The molecule has 0 heterocycles. The van der Waals surface area contributed by atoms with E-state index in [-0.39, 0.29) is 23.1 Å². The van der Waals surface area contributed by atoms with Gasteiger partial charge in [0.15, 0.2) is 0 Å². The van der Waals surface area contributed by atoms with Crippen molar-refractivity contribution in [1.29, 1.82) is 0 Å². The third-order valence-corrected chi connectivity index (χ3v) is 2.15. The zero-order valence-electron chi connectivity index (χ0n) is 11.8.